The minimum atomic E-state index is -0.608. The quantitative estimate of drug-likeness (QED) is 0.778. The van der Waals surface area contributed by atoms with Crippen molar-refractivity contribution in [2.45, 2.75) is 12.5 Å². The standard InChI is InChI=1S/C15H14N2O2/c18-15(9-14-7-4-8-19-14)12-10-16-17(11-12)13-5-2-1-3-6-13/h1-8,10-11,15,18H,9H2. The number of benzene rings is 1. The van der Waals surface area contributed by atoms with Gasteiger partial charge in [-0.2, -0.15) is 5.10 Å². The summed E-state index contributed by atoms with van der Waals surface area (Å²) >= 11 is 0. The lowest BCUT2D eigenvalue weighted by atomic mass is 10.1. The molecule has 0 saturated heterocycles. The van der Waals surface area contributed by atoms with Gasteiger partial charge in [0.1, 0.15) is 5.76 Å². The maximum Gasteiger partial charge on any atom is 0.106 e. The smallest absolute Gasteiger partial charge is 0.106 e. The number of hydrogen-bond donors (Lipinski definition) is 1. The molecule has 0 fully saturated rings. The second kappa shape index (κ2) is 5.12. The van der Waals surface area contributed by atoms with E-state index >= 15 is 0 Å². The highest BCUT2D eigenvalue weighted by atomic mass is 16.3. The van der Waals surface area contributed by atoms with Crippen LogP contribution in [-0.4, -0.2) is 14.9 Å². The molecule has 1 N–H and O–H groups in total. The molecule has 19 heavy (non-hydrogen) atoms. The fourth-order valence-corrected chi connectivity index (χ4v) is 1.97. The maximum absolute atomic E-state index is 10.1. The monoisotopic (exact) mass is 254 g/mol. The van der Waals surface area contributed by atoms with Crippen molar-refractivity contribution >= 4 is 0 Å². The van der Waals surface area contributed by atoms with E-state index in [4.69, 9.17) is 4.42 Å². The Morgan fingerprint density at radius 3 is 2.74 bits per heavy atom. The average molecular weight is 254 g/mol. The molecule has 4 nitrogen and oxygen atoms in total. The third-order valence-corrected chi connectivity index (χ3v) is 2.98. The molecule has 0 bridgehead atoms. The summed E-state index contributed by atoms with van der Waals surface area (Å²) in [5.74, 6) is 0.764. The highest BCUT2D eigenvalue weighted by Crippen LogP contribution is 2.19. The summed E-state index contributed by atoms with van der Waals surface area (Å²) < 4.78 is 6.98. The molecule has 1 unspecified atom stereocenters. The minimum absolute atomic E-state index is 0.452. The maximum atomic E-state index is 10.1. The molecule has 2 heterocycles. The van der Waals surface area contributed by atoms with Crippen LogP contribution in [0.1, 0.15) is 17.4 Å². The first-order valence-electron chi connectivity index (χ1n) is 6.13. The van der Waals surface area contributed by atoms with Gasteiger partial charge in [-0.05, 0) is 24.3 Å². The number of rotatable bonds is 4. The van der Waals surface area contributed by atoms with Crippen molar-refractivity contribution < 1.29 is 9.52 Å². The average Bonchev–Trinajstić information content (AvgIpc) is 3.10. The molecule has 3 rings (SSSR count). The van der Waals surface area contributed by atoms with Gasteiger partial charge in [-0.25, -0.2) is 4.68 Å². The minimum Gasteiger partial charge on any atom is -0.469 e. The van der Waals surface area contributed by atoms with E-state index in [0.29, 0.717) is 6.42 Å². The van der Waals surface area contributed by atoms with Crippen LogP contribution in [-0.2, 0) is 6.42 Å². The molecule has 0 spiro atoms. The van der Waals surface area contributed by atoms with Crippen LogP contribution >= 0.6 is 0 Å². The van der Waals surface area contributed by atoms with Gasteiger partial charge in [0.25, 0.3) is 0 Å². The lowest BCUT2D eigenvalue weighted by molar-refractivity contribution is 0.170. The van der Waals surface area contributed by atoms with Crippen LogP contribution in [0.2, 0.25) is 0 Å². The Labute approximate surface area is 110 Å². The van der Waals surface area contributed by atoms with E-state index in [1.54, 1.807) is 17.1 Å². The van der Waals surface area contributed by atoms with Gasteiger partial charge in [0, 0.05) is 18.2 Å². The molecule has 0 amide bonds. The van der Waals surface area contributed by atoms with Crippen molar-refractivity contribution in [1.29, 1.82) is 0 Å². The van der Waals surface area contributed by atoms with Crippen LogP contribution in [0.4, 0.5) is 0 Å². The summed E-state index contributed by atoms with van der Waals surface area (Å²) in [4.78, 5) is 0. The lowest BCUT2D eigenvalue weighted by Crippen LogP contribution is -2.00. The first kappa shape index (κ1) is 11.7. The Hall–Kier alpha value is -2.33. The molecule has 2 aromatic heterocycles. The van der Waals surface area contributed by atoms with Crippen molar-refractivity contribution in [1.82, 2.24) is 9.78 Å². The normalized spacial score (nSPS) is 12.5. The Kier molecular flexibility index (Phi) is 3.16. The second-order valence-corrected chi connectivity index (χ2v) is 4.35. The molecule has 0 radical (unpaired) electrons. The zero-order valence-corrected chi connectivity index (χ0v) is 10.3. The fraction of sp³-hybridized carbons (Fsp3) is 0.133. The van der Waals surface area contributed by atoms with E-state index in [-0.39, 0.29) is 0 Å². The largest absolute Gasteiger partial charge is 0.469 e. The molecular weight excluding hydrogens is 240 g/mol. The number of furan rings is 1. The van der Waals surface area contributed by atoms with Crippen molar-refractivity contribution in [3.05, 3.63) is 72.4 Å². The molecule has 96 valence electrons. The number of nitrogens with zero attached hydrogens (tertiary/aromatic N) is 2. The lowest BCUT2D eigenvalue weighted by Gasteiger charge is -2.05. The van der Waals surface area contributed by atoms with Gasteiger partial charge < -0.3 is 9.52 Å². The summed E-state index contributed by atoms with van der Waals surface area (Å²) in [5.41, 5.74) is 1.75. The van der Waals surface area contributed by atoms with Crippen LogP contribution in [0.3, 0.4) is 0 Å². The summed E-state index contributed by atoms with van der Waals surface area (Å²) in [6, 6.07) is 13.5. The van der Waals surface area contributed by atoms with Gasteiger partial charge in [0.2, 0.25) is 0 Å². The molecule has 0 aliphatic carbocycles. The zero-order valence-electron chi connectivity index (χ0n) is 10.3. The van der Waals surface area contributed by atoms with Crippen molar-refractivity contribution in [3.8, 4) is 5.69 Å². The molecule has 0 aliphatic rings. The number of hydrogen-bond acceptors (Lipinski definition) is 3. The summed E-state index contributed by atoms with van der Waals surface area (Å²) in [7, 11) is 0. The number of aliphatic hydroxyl groups excluding tert-OH is 1. The van der Waals surface area contributed by atoms with Crippen LogP contribution in [0.5, 0.6) is 0 Å². The van der Waals surface area contributed by atoms with Crippen LogP contribution in [0.15, 0.2) is 65.5 Å². The first-order chi connectivity index (χ1) is 9.33. The van der Waals surface area contributed by atoms with E-state index in [0.717, 1.165) is 17.0 Å². The predicted molar refractivity (Wildman–Crippen MR) is 70.9 cm³/mol. The molecule has 4 heteroatoms. The number of para-hydroxylation sites is 1. The fourth-order valence-electron chi connectivity index (χ4n) is 1.97. The van der Waals surface area contributed by atoms with E-state index in [1.807, 2.05) is 48.7 Å². The van der Waals surface area contributed by atoms with Gasteiger partial charge in [-0.3, -0.25) is 0 Å². The van der Waals surface area contributed by atoms with E-state index in [1.165, 1.54) is 0 Å². The van der Waals surface area contributed by atoms with E-state index in [2.05, 4.69) is 5.10 Å². The van der Waals surface area contributed by atoms with Crippen molar-refractivity contribution in [3.63, 3.8) is 0 Å². The van der Waals surface area contributed by atoms with Crippen molar-refractivity contribution in [2.75, 3.05) is 0 Å². The van der Waals surface area contributed by atoms with E-state index in [9.17, 15) is 5.11 Å². The van der Waals surface area contributed by atoms with Crippen LogP contribution in [0.25, 0.3) is 5.69 Å². The molecule has 0 aliphatic heterocycles. The number of aromatic nitrogens is 2. The summed E-state index contributed by atoms with van der Waals surface area (Å²) in [6.45, 7) is 0. The van der Waals surface area contributed by atoms with Gasteiger partial charge in [0.15, 0.2) is 0 Å². The molecular formula is C15H14N2O2. The SMILES string of the molecule is OC(Cc1ccco1)c1cnn(-c2ccccc2)c1. The van der Waals surface area contributed by atoms with Crippen LogP contribution < -0.4 is 0 Å². The number of aliphatic hydroxyl groups is 1. The molecule has 0 saturated carbocycles. The topological polar surface area (TPSA) is 51.2 Å². The second-order valence-electron chi connectivity index (χ2n) is 4.35. The third-order valence-electron chi connectivity index (χ3n) is 2.98. The Bertz CT molecular complexity index is 629. The van der Waals surface area contributed by atoms with Crippen LogP contribution in [0, 0.1) is 0 Å². The van der Waals surface area contributed by atoms with Gasteiger partial charge >= 0.3 is 0 Å². The first-order valence-corrected chi connectivity index (χ1v) is 6.13. The molecule has 1 atom stereocenters. The van der Waals surface area contributed by atoms with Gasteiger partial charge in [-0.1, -0.05) is 18.2 Å². The van der Waals surface area contributed by atoms with Crippen molar-refractivity contribution in [2.24, 2.45) is 0 Å². The Morgan fingerprint density at radius 2 is 2.00 bits per heavy atom. The third kappa shape index (κ3) is 2.58. The van der Waals surface area contributed by atoms with Gasteiger partial charge in [0.05, 0.1) is 24.3 Å². The van der Waals surface area contributed by atoms with E-state index < -0.39 is 6.10 Å². The summed E-state index contributed by atoms with van der Waals surface area (Å²) in [5, 5.41) is 14.4. The zero-order chi connectivity index (χ0) is 13.1. The predicted octanol–water partition coefficient (Wildman–Crippen LogP) is 2.74. The molecule has 3 aromatic rings. The Balaban J connectivity index is 1.78. The highest BCUT2D eigenvalue weighted by molar-refractivity contribution is 5.31. The molecule has 1 aromatic carbocycles. The summed E-state index contributed by atoms with van der Waals surface area (Å²) in [6.07, 6.45) is 4.97. The Morgan fingerprint density at radius 1 is 1.16 bits per heavy atom. The van der Waals surface area contributed by atoms with Gasteiger partial charge in [-0.15, -0.1) is 0 Å². The highest BCUT2D eigenvalue weighted by Gasteiger charge is 2.12.